The summed E-state index contributed by atoms with van der Waals surface area (Å²) in [5.74, 6) is -1.37. The summed E-state index contributed by atoms with van der Waals surface area (Å²) in [6, 6.07) is 8.70. The maximum absolute atomic E-state index is 12.6. The lowest BCUT2D eigenvalue weighted by Crippen LogP contribution is -2.54. The van der Waals surface area contributed by atoms with Gasteiger partial charge in [0.2, 0.25) is 6.54 Å². The first-order valence-corrected chi connectivity index (χ1v) is 7.64. The van der Waals surface area contributed by atoms with Crippen molar-refractivity contribution in [2.75, 3.05) is 26.7 Å². The number of carbonyl (C=O) groups excluding carboxylic acids is 1. The molecule has 1 fully saturated rings. The zero-order valence-corrected chi connectivity index (χ0v) is 13.4. The van der Waals surface area contributed by atoms with E-state index in [0.717, 1.165) is 4.90 Å². The van der Waals surface area contributed by atoms with E-state index in [1.54, 1.807) is 30.3 Å². The van der Waals surface area contributed by atoms with E-state index in [2.05, 4.69) is 0 Å². The molecule has 1 aromatic carbocycles. The van der Waals surface area contributed by atoms with Gasteiger partial charge in [0.1, 0.15) is 0 Å². The Morgan fingerprint density at radius 1 is 1.42 bits per heavy atom. The number of amides is 1. The first kappa shape index (κ1) is 17.7. The largest absolute Gasteiger partial charge is 0.469 e. The number of nitro groups is 1. The van der Waals surface area contributed by atoms with Gasteiger partial charge in [-0.3, -0.25) is 14.9 Å². The van der Waals surface area contributed by atoms with Gasteiger partial charge in [-0.2, -0.15) is 0 Å². The van der Waals surface area contributed by atoms with E-state index in [1.807, 2.05) is 0 Å². The quantitative estimate of drug-likeness (QED) is 0.500. The molecular weight excluding hydrogens is 316 g/mol. The molecule has 0 saturated carbocycles. The molecule has 1 N–H and O–H groups in total. The van der Waals surface area contributed by atoms with Crippen LogP contribution < -0.4 is 0 Å². The molecule has 2 unspecified atom stereocenters. The van der Waals surface area contributed by atoms with Crippen LogP contribution >= 0.6 is 0 Å². The normalized spacial score (nSPS) is 21.8. The number of nitrogens with zero attached hydrogens (tertiary/aromatic N) is 2. The summed E-state index contributed by atoms with van der Waals surface area (Å²) in [7, 11) is 1.22. The van der Waals surface area contributed by atoms with E-state index in [4.69, 9.17) is 4.74 Å². The molecule has 1 aliphatic heterocycles. The molecule has 1 amide bonds. The summed E-state index contributed by atoms with van der Waals surface area (Å²) in [5, 5.41) is 20.5. The average Bonchev–Trinajstić information content (AvgIpc) is 2.59. The monoisotopic (exact) mass is 336 g/mol. The van der Waals surface area contributed by atoms with Crippen molar-refractivity contribution in [3.8, 4) is 0 Å². The highest BCUT2D eigenvalue weighted by molar-refractivity contribution is 5.80. The predicted molar refractivity (Wildman–Crippen MR) is 84.3 cm³/mol. The summed E-state index contributed by atoms with van der Waals surface area (Å²) in [5.41, 5.74) is -0.633. The predicted octanol–water partition coefficient (Wildman–Crippen LogP) is 1.98. The van der Waals surface area contributed by atoms with Gasteiger partial charge in [0.25, 0.3) is 0 Å². The number of carbonyl (C=O) groups is 2. The molecule has 2 rings (SSSR count). The van der Waals surface area contributed by atoms with Gasteiger partial charge in [-0.25, -0.2) is 4.79 Å². The van der Waals surface area contributed by atoms with Crippen molar-refractivity contribution in [3.63, 3.8) is 0 Å². The second-order valence-corrected chi connectivity index (χ2v) is 5.93. The fraction of sp³-hybridized carbons (Fsp3) is 0.500. The van der Waals surface area contributed by atoms with E-state index < -0.39 is 34.9 Å². The number of benzene rings is 1. The van der Waals surface area contributed by atoms with Gasteiger partial charge in [0.15, 0.2) is 0 Å². The number of piperidine rings is 1. The molecule has 8 nitrogen and oxygen atoms in total. The van der Waals surface area contributed by atoms with Crippen molar-refractivity contribution in [1.82, 2.24) is 4.90 Å². The van der Waals surface area contributed by atoms with Crippen LogP contribution in [0.4, 0.5) is 4.79 Å². The van der Waals surface area contributed by atoms with Gasteiger partial charge < -0.3 is 14.7 Å². The zero-order chi connectivity index (χ0) is 17.7. The van der Waals surface area contributed by atoms with E-state index in [0.29, 0.717) is 24.9 Å². The SMILES string of the molecule is COC(=O)C1(C(C[N+](=O)[O-])c2ccccc2)CCCN(C(=O)O)C1. The van der Waals surface area contributed by atoms with Crippen molar-refractivity contribution in [3.05, 3.63) is 46.0 Å². The summed E-state index contributed by atoms with van der Waals surface area (Å²) < 4.78 is 4.92. The minimum Gasteiger partial charge on any atom is -0.469 e. The summed E-state index contributed by atoms with van der Waals surface area (Å²) >= 11 is 0. The third kappa shape index (κ3) is 3.47. The summed E-state index contributed by atoms with van der Waals surface area (Å²) in [4.78, 5) is 35.8. The molecular formula is C16H20N2O6. The topological polar surface area (TPSA) is 110 Å². The second kappa shape index (κ2) is 7.29. The van der Waals surface area contributed by atoms with Crippen LogP contribution in [-0.4, -0.2) is 53.7 Å². The first-order chi connectivity index (χ1) is 11.4. The Kier molecular flexibility index (Phi) is 5.38. The lowest BCUT2D eigenvalue weighted by Gasteiger charge is -2.43. The third-order valence-electron chi connectivity index (χ3n) is 4.59. The number of ether oxygens (including phenoxy) is 1. The molecule has 2 atom stereocenters. The highest BCUT2D eigenvalue weighted by Crippen LogP contribution is 2.44. The number of hydrogen-bond donors (Lipinski definition) is 1. The Bertz CT molecular complexity index is 620. The van der Waals surface area contributed by atoms with Gasteiger partial charge >= 0.3 is 12.1 Å². The van der Waals surface area contributed by atoms with Crippen LogP contribution in [0.3, 0.4) is 0 Å². The van der Waals surface area contributed by atoms with E-state index in [1.165, 1.54) is 7.11 Å². The Balaban J connectivity index is 2.51. The number of methoxy groups -OCH3 is 1. The van der Waals surface area contributed by atoms with Crippen molar-refractivity contribution in [2.24, 2.45) is 5.41 Å². The third-order valence-corrected chi connectivity index (χ3v) is 4.59. The van der Waals surface area contributed by atoms with Gasteiger partial charge in [0, 0.05) is 18.0 Å². The van der Waals surface area contributed by atoms with E-state index in [-0.39, 0.29) is 6.54 Å². The van der Waals surface area contributed by atoms with Crippen LogP contribution in [0.25, 0.3) is 0 Å². The molecule has 1 aliphatic rings. The molecule has 0 radical (unpaired) electrons. The van der Waals surface area contributed by atoms with Crippen LogP contribution in [0, 0.1) is 15.5 Å². The molecule has 130 valence electrons. The number of rotatable bonds is 5. The Morgan fingerprint density at radius 3 is 2.62 bits per heavy atom. The minimum atomic E-state index is -1.26. The van der Waals surface area contributed by atoms with Gasteiger partial charge in [0.05, 0.1) is 18.4 Å². The summed E-state index contributed by atoms with van der Waals surface area (Å²) in [6.45, 7) is -0.275. The lowest BCUT2D eigenvalue weighted by atomic mass is 9.67. The van der Waals surface area contributed by atoms with Crippen LogP contribution in [0.1, 0.15) is 24.3 Å². The number of hydrogen-bond acceptors (Lipinski definition) is 5. The fourth-order valence-corrected chi connectivity index (χ4v) is 3.48. The molecule has 1 saturated heterocycles. The van der Waals surface area contributed by atoms with Crippen molar-refractivity contribution < 1.29 is 24.4 Å². The Morgan fingerprint density at radius 2 is 2.08 bits per heavy atom. The highest BCUT2D eigenvalue weighted by Gasteiger charge is 2.52. The standard InChI is InChI=1S/C16H20N2O6/c1-24-14(19)16(8-5-9-17(11-16)15(20)21)13(10-18(22)23)12-6-3-2-4-7-12/h2-4,6-7,13H,5,8-11H2,1H3,(H,20,21). The van der Waals surface area contributed by atoms with E-state index >= 15 is 0 Å². The zero-order valence-electron chi connectivity index (χ0n) is 13.4. The number of likely N-dealkylation sites (tertiary alicyclic amines) is 1. The molecule has 0 aromatic heterocycles. The average molecular weight is 336 g/mol. The molecule has 8 heteroatoms. The molecule has 0 spiro atoms. The summed E-state index contributed by atoms with van der Waals surface area (Å²) in [6.07, 6.45) is -0.352. The molecule has 0 bridgehead atoms. The van der Waals surface area contributed by atoms with Gasteiger partial charge in [-0.1, -0.05) is 30.3 Å². The number of esters is 1. The number of carboxylic acid groups (broad SMARTS) is 1. The van der Waals surface area contributed by atoms with Crippen LogP contribution in [-0.2, 0) is 9.53 Å². The highest BCUT2D eigenvalue weighted by atomic mass is 16.6. The lowest BCUT2D eigenvalue weighted by molar-refractivity contribution is -0.486. The maximum Gasteiger partial charge on any atom is 0.407 e. The molecule has 1 aromatic rings. The minimum absolute atomic E-state index is 0.109. The van der Waals surface area contributed by atoms with Crippen LogP contribution in [0.15, 0.2) is 30.3 Å². The van der Waals surface area contributed by atoms with Crippen molar-refractivity contribution in [1.29, 1.82) is 0 Å². The fourth-order valence-electron chi connectivity index (χ4n) is 3.48. The Hall–Kier alpha value is -2.64. The van der Waals surface area contributed by atoms with Crippen LogP contribution in [0.2, 0.25) is 0 Å². The second-order valence-electron chi connectivity index (χ2n) is 5.93. The van der Waals surface area contributed by atoms with Crippen LogP contribution in [0.5, 0.6) is 0 Å². The molecule has 24 heavy (non-hydrogen) atoms. The smallest absolute Gasteiger partial charge is 0.407 e. The molecule has 0 aliphatic carbocycles. The van der Waals surface area contributed by atoms with Crippen molar-refractivity contribution in [2.45, 2.75) is 18.8 Å². The van der Waals surface area contributed by atoms with Crippen molar-refractivity contribution >= 4 is 12.1 Å². The Labute approximate surface area is 139 Å². The van der Waals surface area contributed by atoms with Gasteiger partial charge in [-0.15, -0.1) is 0 Å². The first-order valence-electron chi connectivity index (χ1n) is 7.64. The molecule has 1 heterocycles. The maximum atomic E-state index is 12.6. The van der Waals surface area contributed by atoms with E-state index in [9.17, 15) is 24.8 Å². The van der Waals surface area contributed by atoms with Gasteiger partial charge in [-0.05, 0) is 18.4 Å².